The van der Waals surface area contributed by atoms with Gasteiger partial charge in [0, 0.05) is 24.9 Å². The maximum Gasteiger partial charge on any atom is 0.182 e. The Bertz CT molecular complexity index is 500. The van der Waals surface area contributed by atoms with Gasteiger partial charge < -0.3 is 5.32 Å². The summed E-state index contributed by atoms with van der Waals surface area (Å²) in [4.78, 5) is 11.2. The molecular formula is C12H18N6S. The van der Waals surface area contributed by atoms with Gasteiger partial charge in [-0.15, -0.1) is 11.3 Å². The molecule has 102 valence electrons. The van der Waals surface area contributed by atoms with E-state index in [1.165, 1.54) is 0 Å². The van der Waals surface area contributed by atoms with E-state index in [-0.39, 0.29) is 0 Å². The number of hydrogen-bond donors (Lipinski definition) is 2. The first kappa shape index (κ1) is 12.6. The lowest BCUT2D eigenvalue weighted by Gasteiger charge is -2.30. The van der Waals surface area contributed by atoms with Gasteiger partial charge in [0.1, 0.15) is 12.2 Å². The Hall–Kier alpha value is -1.47. The molecule has 0 unspecified atom stereocenters. The van der Waals surface area contributed by atoms with Crippen molar-refractivity contribution in [2.75, 3.05) is 25.5 Å². The van der Waals surface area contributed by atoms with Crippen LogP contribution in [0.4, 0.5) is 5.13 Å². The van der Waals surface area contributed by atoms with Crippen molar-refractivity contribution >= 4 is 16.5 Å². The molecule has 6 nitrogen and oxygen atoms in total. The number of thiazole rings is 1. The molecule has 0 amide bonds. The average molecular weight is 278 g/mol. The minimum Gasteiger partial charge on any atom is -0.365 e. The van der Waals surface area contributed by atoms with Crippen LogP contribution in [-0.4, -0.2) is 45.2 Å². The van der Waals surface area contributed by atoms with E-state index in [0.717, 1.165) is 49.1 Å². The van der Waals surface area contributed by atoms with Crippen molar-refractivity contribution in [1.82, 2.24) is 25.1 Å². The van der Waals surface area contributed by atoms with E-state index in [9.17, 15) is 0 Å². The van der Waals surface area contributed by atoms with Crippen LogP contribution < -0.4 is 5.32 Å². The van der Waals surface area contributed by atoms with Gasteiger partial charge in [-0.1, -0.05) is 0 Å². The summed E-state index contributed by atoms with van der Waals surface area (Å²) in [5.74, 6) is 1.56. The summed E-state index contributed by atoms with van der Waals surface area (Å²) >= 11 is 1.66. The second-order valence-corrected chi connectivity index (χ2v) is 5.67. The zero-order valence-corrected chi connectivity index (χ0v) is 11.8. The van der Waals surface area contributed by atoms with Crippen molar-refractivity contribution in [3.8, 4) is 0 Å². The highest BCUT2D eigenvalue weighted by Gasteiger charge is 2.22. The molecule has 0 atom stereocenters. The topological polar surface area (TPSA) is 69.7 Å². The fourth-order valence-corrected chi connectivity index (χ4v) is 3.16. The summed E-state index contributed by atoms with van der Waals surface area (Å²) in [5, 5.41) is 13.1. The molecule has 7 heteroatoms. The molecule has 1 aliphatic heterocycles. The number of anilines is 1. The highest BCUT2D eigenvalue weighted by molar-refractivity contribution is 7.13. The first-order chi connectivity index (χ1) is 9.35. The zero-order valence-electron chi connectivity index (χ0n) is 11.0. The second kappa shape index (κ2) is 5.66. The molecule has 0 radical (unpaired) electrons. The maximum atomic E-state index is 4.53. The summed E-state index contributed by atoms with van der Waals surface area (Å²) in [6, 6.07) is 0. The number of piperidine rings is 1. The third kappa shape index (κ3) is 2.93. The molecule has 19 heavy (non-hydrogen) atoms. The van der Waals surface area contributed by atoms with Crippen LogP contribution in [0.5, 0.6) is 0 Å². The molecule has 0 saturated carbocycles. The van der Waals surface area contributed by atoms with E-state index in [1.807, 2.05) is 7.05 Å². The van der Waals surface area contributed by atoms with Gasteiger partial charge in [0.05, 0.1) is 5.69 Å². The van der Waals surface area contributed by atoms with Crippen molar-refractivity contribution in [3.63, 3.8) is 0 Å². The van der Waals surface area contributed by atoms with Crippen LogP contribution in [0.15, 0.2) is 11.7 Å². The molecule has 3 heterocycles. The number of H-pyrrole nitrogens is 1. The molecule has 0 aromatic carbocycles. The van der Waals surface area contributed by atoms with Crippen LogP contribution in [0, 0.1) is 0 Å². The van der Waals surface area contributed by atoms with Crippen LogP contribution in [0.1, 0.15) is 30.3 Å². The molecule has 3 rings (SSSR count). The molecule has 0 aliphatic carbocycles. The predicted octanol–water partition coefficient (Wildman–Crippen LogP) is 1.68. The third-order valence-corrected chi connectivity index (χ3v) is 4.47. The highest BCUT2D eigenvalue weighted by Crippen LogP contribution is 2.26. The molecule has 0 bridgehead atoms. The number of nitrogens with one attached hydrogen (secondary N) is 2. The van der Waals surface area contributed by atoms with E-state index in [1.54, 1.807) is 17.7 Å². The lowest BCUT2D eigenvalue weighted by Crippen LogP contribution is -2.32. The van der Waals surface area contributed by atoms with Crippen LogP contribution in [0.3, 0.4) is 0 Å². The third-order valence-electron chi connectivity index (χ3n) is 3.56. The molecule has 0 spiro atoms. The summed E-state index contributed by atoms with van der Waals surface area (Å²) in [5.41, 5.74) is 1.16. The molecule has 1 aliphatic rings. The van der Waals surface area contributed by atoms with Gasteiger partial charge in [0.15, 0.2) is 5.13 Å². The Kier molecular flexibility index (Phi) is 3.74. The lowest BCUT2D eigenvalue weighted by atomic mass is 9.96. The first-order valence-corrected chi connectivity index (χ1v) is 7.43. The van der Waals surface area contributed by atoms with Gasteiger partial charge in [0.2, 0.25) is 0 Å². The van der Waals surface area contributed by atoms with Crippen LogP contribution in [0.2, 0.25) is 0 Å². The maximum absolute atomic E-state index is 4.53. The predicted molar refractivity (Wildman–Crippen MR) is 75.3 cm³/mol. The molecule has 1 saturated heterocycles. The average Bonchev–Trinajstić information content (AvgIpc) is 3.10. The Labute approximate surface area is 116 Å². The molecule has 1 fully saturated rings. The monoisotopic (exact) mass is 278 g/mol. The van der Waals surface area contributed by atoms with Gasteiger partial charge in [-0.3, -0.25) is 10.00 Å². The van der Waals surface area contributed by atoms with E-state index in [0.29, 0.717) is 5.92 Å². The molecular weight excluding hydrogens is 260 g/mol. The zero-order chi connectivity index (χ0) is 13.1. The molecule has 2 N–H and O–H groups in total. The fourth-order valence-electron chi connectivity index (χ4n) is 2.50. The number of hydrogen-bond acceptors (Lipinski definition) is 6. The van der Waals surface area contributed by atoms with Crippen molar-refractivity contribution in [3.05, 3.63) is 23.2 Å². The van der Waals surface area contributed by atoms with Crippen molar-refractivity contribution in [1.29, 1.82) is 0 Å². The van der Waals surface area contributed by atoms with Crippen molar-refractivity contribution in [2.24, 2.45) is 0 Å². The van der Waals surface area contributed by atoms with Crippen molar-refractivity contribution < 1.29 is 0 Å². The number of nitrogens with zero attached hydrogens (tertiary/aromatic N) is 4. The Balaban J connectivity index is 1.52. The Morgan fingerprint density at radius 1 is 1.47 bits per heavy atom. The van der Waals surface area contributed by atoms with Crippen LogP contribution in [-0.2, 0) is 6.54 Å². The van der Waals surface area contributed by atoms with E-state index in [2.05, 4.69) is 35.8 Å². The van der Waals surface area contributed by atoms with E-state index >= 15 is 0 Å². The SMILES string of the molecule is CNc1nc(CN2CCC(c3ncn[nH]3)CC2)cs1. The number of rotatable bonds is 4. The highest BCUT2D eigenvalue weighted by atomic mass is 32.1. The van der Waals surface area contributed by atoms with Gasteiger partial charge in [-0.2, -0.15) is 5.10 Å². The minimum absolute atomic E-state index is 0.530. The van der Waals surface area contributed by atoms with E-state index in [4.69, 9.17) is 0 Å². The van der Waals surface area contributed by atoms with E-state index < -0.39 is 0 Å². The van der Waals surface area contributed by atoms with Gasteiger partial charge >= 0.3 is 0 Å². The number of aromatic nitrogens is 4. The summed E-state index contributed by atoms with van der Waals surface area (Å²) in [6.45, 7) is 3.14. The second-order valence-electron chi connectivity index (χ2n) is 4.82. The van der Waals surface area contributed by atoms with Crippen molar-refractivity contribution in [2.45, 2.75) is 25.3 Å². The lowest BCUT2D eigenvalue weighted by molar-refractivity contribution is 0.200. The smallest absolute Gasteiger partial charge is 0.182 e. The quantitative estimate of drug-likeness (QED) is 0.890. The Morgan fingerprint density at radius 3 is 2.95 bits per heavy atom. The number of likely N-dealkylation sites (tertiary alicyclic amines) is 1. The van der Waals surface area contributed by atoms with Gasteiger partial charge in [0.25, 0.3) is 0 Å². The van der Waals surface area contributed by atoms with Gasteiger partial charge in [-0.05, 0) is 25.9 Å². The molecule has 2 aromatic rings. The largest absolute Gasteiger partial charge is 0.365 e. The first-order valence-electron chi connectivity index (χ1n) is 6.55. The van der Waals surface area contributed by atoms with Gasteiger partial charge in [-0.25, -0.2) is 9.97 Å². The number of aromatic amines is 1. The standard InChI is InChI=1S/C12H18N6S/c1-13-12-16-10(7-19-12)6-18-4-2-9(3-5-18)11-14-8-15-17-11/h7-9H,2-6H2,1H3,(H,13,16)(H,14,15,17). The normalized spacial score (nSPS) is 17.7. The van der Waals surface area contributed by atoms with Crippen LogP contribution >= 0.6 is 11.3 Å². The molecule has 2 aromatic heterocycles. The summed E-state index contributed by atoms with van der Waals surface area (Å²) in [6.07, 6.45) is 3.87. The van der Waals surface area contributed by atoms with Crippen LogP contribution in [0.25, 0.3) is 0 Å². The summed E-state index contributed by atoms with van der Waals surface area (Å²) in [7, 11) is 1.91. The fraction of sp³-hybridized carbons (Fsp3) is 0.583. The summed E-state index contributed by atoms with van der Waals surface area (Å²) < 4.78 is 0. The minimum atomic E-state index is 0.530. The Morgan fingerprint density at radius 2 is 2.32 bits per heavy atom.